The molecule has 0 aliphatic heterocycles. The molecule has 22 heavy (non-hydrogen) atoms. The van der Waals surface area contributed by atoms with Crippen LogP contribution in [0.1, 0.15) is 53.9 Å². The van der Waals surface area contributed by atoms with Gasteiger partial charge in [0, 0.05) is 6.42 Å². The molecule has 0 N–H and O–H groups in total. The average molecular weight is 319 g/mol. The van der Waals surface area contributed by atoms with Crippen molar-refractivity contribution < 1.29 is 9.16 Å². The van der Waals surface area contributed by atoms with Gasteiger partial charge in [-0.2, -0.15) is 0 Å². The van der Waals surface area contributed by atoms with Crippen molar-refractivity contribution >= 4 is 8.32 Å². The molecule has 0 aromatic rings. The zero-order valence-corrected chi connectivity index (χ0v) is 15.8. The Labute approximate surface area is 138 Å². The van der Waals surface area contributed by atoms with E-state index in [4.69, 9.17) is 15.6 Å². The minimum Gasteiger partial charge on any atom is -0.394 e. The Morgan fingerprint density at radius 3 is 2.14 bits per heavy atom. The Bertz CT molecular complexity index is 444. The quantitative estimate of drug-likeness (QED) is 0.380. The summed E-state index contributed by atoms with van der Waals surface area (Å²) in [6.45, 7) is 12.1. The maximum atomic E-state index is 6.24. The lowest BCUT2D eigenvalue weighted by molar-refractivity contribution is 0.204. The van der Waals surface area contributed by atoms with Gasteiger partial charge in [0.05, 0.1) is 6.61 Å². The summed E-state index contributed by atoms with van der Waals surface area (Å²) in [6.07, 6.45) is 8.39. The summed E-state index contributed by atoms with van der Waals surface area (Å²) in [7, 11) is -2.11. The minimum absolute atomic E-state index is 0.301. The highest BCUT2D eigenvalue weighted by Gasteiger charge is 2.40. The molecule has 0 saturated carbocycles. The highest BCUT2D eigenvalue weighted by atomic mass is 28.4. The van der Waals surface area contributed by atoms with Crippen LogP contribution in [0.4, 0.5) is 0 Å². The maximum absolute atomic E-state index is 6.24. The predicted octanol–water partition coefficient (Wildman–Crippen LogP) is 4.15. The molecular weight excluding hydrogens is 288 g/mol. The average Bonchev–Trinajstić information content (AvgIpc) is 2.47. The Kier molecular flexibility index (Phi) is 11.7. The van der Waals surface area contributed by atoms with Gasteiger partial charge in [0.1, 0.15) is 13.2 Å². The molecule has 0 amide bonds. The third-order valence-corrected chi connectivity index (χ3v) is 8.14. The fourth-order valence-electron chi connectivity index (χ4n) is 2.21. The molecule has 0 aliphatic carbocycles. The van der Waals surface area contributed by atoms with E-state index in [1.165, 1.54) is 6.42 Å². The van der Waals surface area contributed by atoms with Crippen molar-refractivity contribution in [3.8, 4) is 35.6 Å². The second kappa shape index (κ2) is 12.4. The van der Waals surface area contributed by atoms with Gasteiger partial charge in [-0.1, -0.05) is 64.3 Å². The molecule has 2 nitrogen and oxygen atoms in total. The van der Waals surface area contributed by atoms with Gasteiger partial charge in [-0.25, -0.2) is 0 Å². The molecule has 3 heteroatoms. The zero-order chi connectivity index (χ0) is 16.8. The lowest BCUT2D eigenvalue weighted by Gasteiger charge is -2.32. The SMILES string of the molecule is C#CCOCC#CCO[Si](C#CCCCC)(C(C)C)C(C)C. The fraction of sp³-hybridized carbons (Fsp3) is 0.684. The second-order valence-electron chi connectivity index (χ2n) is 5.85. The van der Waals surface area contributed by atoms with Crippen molar-refractivity contribution in [2.24, 2.45) is 0 Å². The number of ether oxygens (including phenoxy) is 1. The van der Waals surface area contributed by atoms with Gasteiger partial charge in [-0.3, -0.25) is 0 Å². The fourth-order valence-corrected chi connectivity index (χ4v) is 5.57. The van der Waals surface area contributed by atoms with Gasteiger partial charge in [-0.05, 0) is 17.5 Å². The third-order valence-electron chi connectivity index (χ3n) is 3.52. The molecule has 0 radical (unpaired) electrons. The zero-order valence-electron chi connectivity index (χ0n) is 14.8. The number of hydrogen-bond donors (Lipinski definition) is 0. The molecule has 0 spiro atoms. The molecule has 0 aromatic heterocycles. The summed E-state index contributed by atoms with van der Waals surface area (Å²) >= 11 is 0. The van der Waals surface area contributed by atoms with Crippen molar-refractivity contribution in [1.29, 1.82) is 0 Å². The monoisotopic (exact) mass is 318 g/mol. The Morgan fingerprint density at radius 1 is 0.955 bits per heavy atom. The Morgan fingerprint density at radius 2 is 1.59 bits per heavy atom. The van der Waals surface area contributed by atoms with Crippen molar-refractivity contribution in [1.82, 2.24) is 0 Å². The van der Waals surface area contributed by atoms with E-state index >= 15 is 0 Å². The smallest absolute Gasteiger partial charge is 0.278 e. The van der Waals surface area contributed by atoms with E-state index in [1.807, 2.05) is 0 Å². The first-order chi connectivity index (χ1) is 10.5. The van der Waals surface area contributed by atoms with Gasteiger partial charge in [-0.15, -0.1) is 12.3 Å². The van der Waals surface area contributed by atoms with Crippen molar-refractivity contribution in [2.45, 2.75) is 65.0 Å². The highest BCUT2D eigenvalue weighted by Crippen LogP contribution is 2.32. The number of terminal acetylenes is 1. The van der Waals surface area contributed by atoms with E-state index in [0.717, 1.165) is 12.8 Å². The van der Waals surface area contributed by atoms with Gasteiger partial charge < -0.3 is 9.16 Å². The standard InChI is InChI=1S/C19H30O2Si/c1-7-9-10-13-17-22(18(3)4,19(5)6)21-16-12-11-15-20-14-8-2/h2,18-19H,7,9-10,14-16H2,1,3-6H3. The first kappa shape index (κ1) is 20.8. The lowest BCUT2D eigenvalue weighted by Crippen LogP contribution is -2.44. The van der Waals surface area contributed by atoms with Gasteiger partial charge in [0.25, 0.3) is 8.32 Å². The highest BCUT2D eigenvalue weighted by molar-refractivity contribution is 6.84. The molecule has 0 fully saturated rings. The summed E-state index contributed by atoms with van der Waals surface area (Å²) in [5, 5.41) is 0. The molecule has 0 bridgehead atoms. The van der Waals surface area contributed by atoms with Gasteiger partial charge in [0.15, 0.2) is 0 Å². The largest absolute Gasteiger partial charge is 0.394 e. The summed E-state index contributed by atoms with van der Waals surface area (Å²) < 4.78 is 11.4. The van der Waals surface area contributed by atoms with E-state index in [0.29, 0.717) is 30.9 Å². The molecule has 0 aliphatic rings. The van der Waals surface area contributed by atoms with Crippen LogP contribution in [0.3, 0.4) is 0 Å². The molecule has 0 unspecified atom stereocenters. The second-order valence-corrected chi connectivity index (χ2v) is 10.3. The van der Waals surface area contributed by atoms with Crippen LogP contribution in [0, 0.1) is 35.6 Å². The summed E-state index contributed by atoms with van der Waals surface area (Å²) in [4.78, 5) is 0. The van der Waals surface area contributed by atoms with Crippen LogP contribution in [-0.4, -0.2) is 28.1 Å². The third kappa shape index (κ3) is 7.72. The van der Waals surface area contributed by atoms with Crippen molar-refractivity contribution in [3.05, 3.63) is 0 Å². The van der Waals surface area contributed by atoms with Crippen molar-refractivity contribution in [2.75, 3.05) is 19.8 Å². The van der Waals surface area contributed by atoms with Gasteiger partial charge in [0.2, 0.25) is 0 Å². The van der Waals surface area contributed by atoms with E-state index < -0.39 is 8.32 Å². The van der Waals surface area contributed by atoms with Gasteiger partial charge >= 0.3 is 0 Å². The topological polar surface area (TPSA) is 18.5 Å². The summed E-state index contributed by atoms with van der Waals surface area (Å²) in [6, 6.07) is 0. The molecule has 0 heterocycles. The minimum atomic E-state index is -2.11. The predicted molar refractivity (Wildman–Crippen MR) is 96.6 cm³/mol. The first-order valence-electron chi connectivity index (χ1n) is 8.12. The van der Waals surface area contributed by atoms with E-state index in [1.54, 1.807) is 0 Å². The first-order valence-corrected chi connectivity index (χ1v) is 10.2. The van der Waals surface area contributed by atoms with Crippen LogP contribution in [0.25, 0.3) is 0 Å². The molecule has 0 aromatic carbocycles. The van der Waals surface area contributed by atoms with Crippen molar-refractivity contribution in [3.63, 3.8) is 0 Å². The van der Waals surface area contributed by atoms with E-state index in [9.17, 15) is 0 Å². The van der Waals surface area contributed by atoms with E-state index in [2.05, 4.69) is 63.8 Å². The van der Waals surface area contributed by atoms with Crippen LogP contribution in [0.15, 0.2) is 0 Å². The molecule has 0 saturated heterocycles. The Hall–Kier alpha value is -1.18. The summed E-state index contributed by atoms with van der Waals surface area (Å²) in [5.41, 5.74) is 4.41. The van der Waals surface area contributed by atoms with Crippen LogP contribution in [0.5, 0.6) is 0 Å². The number of unbranched alkanes of at least 4 members (excludes halogenated alkanes) is 2. The molecular formula is C19H30O2Si. The number of rotatable bonds is 8. The van der Waals surface area contributed by atoms with Crippen LogP contribution in [-0.2, 0) is 9.16 Å². The summed E-state index contributed by atoms with van der Waals surface area (Å²) in [5.74, 6) is 11.7. The normalized spacial score (nSPS) is 10.6. The van der Waals surface area contributed by atoms with E-state index in [-0.39, 0.29) is 0 Å². The molecule has 0 atom stereocenters. The van der Waals surface area contributed by atoms with Crippen LogP contribution < -0.4 is 0 Å². The molecule has 122 valence electrons. The molecule has 0 rings (SSSR count). The van der Waals surface area contributed by atoms with Crippen LogP contribution >= 0.6 is 0 Å². The Balaban J connectivity index is 4.72. The number of hydrogen-bond acceptors (Lipinski definition) is 2. The van der Waals surface area contributed by atoms with Crippen LogP contribution in [0.2, 0.25) is 11.1 Å². The maximum Gasteiger partial charge on any atom is 0.278 e. The lowest BCUT2D eigenvalue weighted by atomic mass is 10.3.